The van der Waals surface area contributed by atoms with Gasteiger partial charge < -0.3 is 14.1 Å². The van der Waals surface area contributed by atoms with Gasteiger partial charge >= 0.3 is 0 Å². The number of carbonyl (C=O) groups excluding carboxylic acids is 1. The molecule has 2 aromatic rings. The van der Waals surface area contributed by atoms with Gasteiger partial charge in [-0.15, -0.1) is 10.2 Å². The van der Waals surface area contributed by atoms with Crippen LogP contribution in [0.2, 0.25) is 0 Å². The summed E-state index contributed by atoms with van der Waals surface area (Å²) in [7, 11) is 0. The van der Waals surface area contributed by atoms with E-state index in [1.807, 2.05) is 18.2 Å². The standard InChI is InChI=1S/C14H16N4O3S/c19-13(18-5-7-20-8-6-18)10-22-14-17-16-12(21-14)9-11-3-1-2-4-15-11/h1-4H,5-10H2. The number of morpholine rings is 1. The number of pyridine rings is 1. The zero-order chi connectivity index (χ0) is 15.2. The maximum Gasteiger partial charge on any atom is 0.277 e. The summed E-state index contributed by atoms with van der Waals surface area (Å²) >= 11 is 1.26. The second-order valence-electron chi connectivity index (χ2n) is 4.74. The molecule has 116 valence electrons. The minimum Gasteiger partial charge on any atom is -0.416 e. The van der Waals surface area contributed by atoms with Crippen molar-refractivity contribution in [3.8, 4) is 0 Å². The fourth-order valence-corrected chi connectivity index (χ4v) is 2.74. The van der Waals surface area contributed by atoms with Gasteiger partial charge in [0.05, 0.1) is 25.4 Å². The normalized spacial score (nSPS) is 15.0. The van der Waals surface area contributed by atoms with Crippen LogP contribution in [0, 0.1) is 0 Å². The molecule has 22 heavy (non-hydrogen) atoms. The lowest BCUT2D eigenvalue weighted by Gasteiger charge is -2.26. The number of carbonyl (C=O) groups is 1. The molecule has 3 heterocycles. The summed E-state index contributed by atoms with van der Waals surface area (Å²) in [5, 5.41) is 8.34. The van der Waals surface area contributed by atoms with E-state index < -0.39 is 0 Å². The fraction of sp³-hybridized carbons (Fsp3) is 0.429. The summed E-state index contributed by atoms with van der Waals surface area (Å²) in [6.07, 6.45) is 2.22. The van der Waals surface area contributed by atoms with Gasteiger partial charge in [0.2, 0.25) is 11.8 Å². The van der Waals surface area contributed by atoms with Crippen LogP contribution in [0.25, 0.3) is 0 Å². The van der Waals surface area contributed by atoms with Gasteiger partial charge in [0.1, 0.15) is 0 Å². The number of hydrogen-bond acceptors (Lipinski definition) is 7. The number of aromatic nitrogens is 3. The Labute approximate surface area is 132 Å². The highest BCUT2D eigenvalue weighted by Crippen LogP contribution is 2.18. The zero-order valence-electron chi connectivity index (χ0n) is 12.0. The van der Waals surface area contributed by atoms with Crippen molar-refractivity contribution in [2.75, 3.05) is 32.1 Å². The lowest BCUT2D eigenvalue weighted by atomic mass is 10.3. The molecule has 1 amide bonds. The molecule has 0 saturated carbocycles. The largest absolute Gasteiger partial charge is 0.416 e. The molecular formula is C14H16N4O3S. The first kappa shape index (κ1) is 15.0. The number of amides is 1. The van der Waals surface area contributed by atoms with Crippen molar-refractivity contribution in [1.82, 2.24) is 20.1 Å². The summed E-state index contributed by atoms with van der Waals surface area (Å²) in [6.45, 7) is 2.50. The fourth-order valence-electron chi connectivity index (χ4n) is 2.05. The Kier molecular flexibility index (Phi) is 5.02. The van der Waals surface area contributed by atoms with Crippen LogP contribution < -0.4 is 0 Å². The molecule has 1 aliphatic heterocycles. The summed E-state index contributed by atoms with van der Waals surface area (Å²) in [6, 6.07) is 5.67. The quantitative estimate of drug-likeness (QED) is 0.760. The number of hydrogen-bond donors (Lipinski definition) is 0. The van der Waals surface area contributed by atoms with Crippen LogP contribution in [-0.2, 0) is 16.0 Å². The van der Waals surface area contributed by atoms with Crippen LogP contribution in [0.1, 0.15) is 11.6 Å². The molecule has 0 aromatic carbocycles. The van der Waals surface area contributed by atoms with Gasteiger partial charge in [0, 0.05) is 25.0 Å². The van der Waals surface area contributed by atoms with E-state index >= 15 is 0 Å². The van der Waals surface area contributed by atoms with Crippen molar-refractivity contribution in [3.05, 3.63) is 36.0 Å². The Balaban J connectivity index is 1.50. The van der Waals surface area contributed by atoms with Gasteiger partial charge in [-0.3, -0.25) is 9.78 Å². The third kappa shape index (κ3) is 4.05. The molecule has 0 atom stereocenters. The topological polar surface area (TPSA) is 81.3 Å². The Hall–Kier alpha value is -1.93. The second kappa shape index (κ2) is 7.37. The van der Waals surface area contributed by atoms with E-state index in [1.54, 1.807) is 11.1 Å². The second-order valence-corrected chi connectivity index (χ2v) is 5.67. The van der Waals surface area contributed by atoms with Crippen molar-refractivity contribution in [1.29, 1.82) is 0 Å². The minimum absolute atomic E-state index is 0.0674. The highest BCUT2D eigenvalue weighted by Gasteiger charge is 2.18. The molecule has 0 bridgehead atoms. The molecule has 1 aliphatic rings. The average molecular weight is 320 g/mol. The van der Waals surface area contributed by atoms with Crippen molar-refractivity contribution in [3.63, 3.8) is 0 Å². The number of rotatable bonds is 5. The predicted octanol–water partition coefficient (Wildman–Crippen LogP) is 1.01. The Morgan fingerprint density at radius 1 is 1.27 bits per heavy atom. The van der Waals surface area contributed by atoms with Gasteiger partial charge in [-0.05, 0) is 12.1 Å². The SMILES string of the molecule is O=C(CSc1nnc(Cc2ccccn2)o1)N1CCOCC1. The Bertz CT molecular complexity index is 614. The van der Waals surface area contributed by atoms with Gasteiger partial charge in [0.25, 0.3) is 5.22 Å². The molecule has 0 radical (unpaired) electrons. The van der Waals surface area contributed by atoms with Crippen molar-refractivity contribution in [2.24, 2.45) is 0 Å². The molecule has 0 spiro atoms. The lowest BCUT2D eigenvalue weighted by Crippen LogP contribution is -2.41. The number of nitrogens with zero attached hydrogens (tertiary/aromatic N) is 4. The molecule has 1 fully saturated rings. The molecule has 1 saturated heterocycles. The molecule has 3 rings (SSSR count). The Morgan fingerprint density at radius 2 is 2.14 bits per heavy atom. The summed E-state index contributed by atoms with van der Waals surface area (Å²) in [5.74, 6) is 0.864. The molecule has 0 unspecified atom stereocenters. The van der Waals surface area contributed by atoms with Crippen LogP contribution in [0.3, 0.4) is 0 Å². The first-order chi connectivity index (χ1) is 10.8. The first-order valence-electron chi connectivity index (χ1n) is 7.02. The van der Waals surface area contributed by atoms with Crippen LogP contribution in [0.5, 0.6) is 0 Å². The zero-order valence-corrected chi connectivity index (χ0v) is 12.8. The predicted molar refractivity (Wildman–Crippen MR) is 79.5 cm³/mol. The van der Waals surface area contributed by atoms with E-state index in [9.17, 15) is 4.79 Å². The maximum atomic E-state index is 12.0. The minimum atomic E-state index is 0.0674. The molecule has 8 heteroatoms. The van der Waals surface area contributed by atoms with Crippen LogP contribution in [0.15, 0.2) is 34.0 Å². The lowest BCUT2D eigenvalue weighted by molar-refractivity contribution is -0.132. The van der Waals surface area contributed by atoms with Gasteiger partial charge in [0.15, 0.2) is 0 Å². The van der Waals surface area contributed by atoms with Crippen molar-refractivity contribution in [2.45, 2.75) is 11.6 Å². The van der Waals surface area contributed by atoms with Crippen molar-refractivity contribution < 1.29 is 13.9 Å². The van der Waals surface area contributed by atoms with E-state index in [0.717, 1.165) is 5.69 Å². The molecule has 2 aromatic heterocycles. The average Bonchev–Trinajstić information content (AvgIpc) is 3.02. The van der Waals surface area contributed by atoms with Gasteiger partial charge in [-0.25, -0.2) is 0 Å². The van der Waals surface area contributed by atoms with E-state index in [-0.39, 0.29) is 5.91 Å². The van der Waals surface area contributed by atoms with Gasteiger partial charge in [-0.1, -0.05) is 17.8 Å². The van der Waals surface area contributed by atoms with Crippen molar-refractivity contribution >= 4 is 17.7 Å². The highest BCUT2D eigenvalue weighted by atomic mass is 32.2. The van der Waals surface area contributed by atoms with Gasteiger partial charge in [-0.2, -0.15) is 0 Å². The van der Waals surface area contributed by atoms with E-state index in [2.05, 4.69) is 15.2 Å². The summed E-state index contributed by atoms with van der Waals surface area (Å²) in [4.78, 5) is 18.0. The number of ether oxygens (including phenoxy) is 1. The van der Waals surface area contributed by atoms with Crippen LogP contribution in [-0.4, -0.2) is 58.0 Å². The maximum absolute atomic E-state index is 12.0. The highest BCUT2D eigenvalue weighted by molar-refractivity contribution is 7.99. The van der Waals surface area contributed by atoms with E-state index in [0.29, 0.717) is 49.6 Å². The molecule has 7 nitrogen and oxygen atoms in total. The summed E-state index contributed by atoms with van der Waals surface area (Å²) < 4.78 is 10.8. The third-order valence-corrected chi connectivity index (χ3v) is 3.99. The van der Waals surface area contributed by atoms with Crippen LogP contribution in [0.4, 0.5) is 0 Å². The van der Waals surface area contributed by atoms with Crippen LogP contribution >= 0.6 is 11.8 Å². The first-order valence-corrected chi connectivity index (χ1v) is 8.00. The number of thioether (sulfide) groups is 1. The Morgan fingerprint density at radius 3 is 2.91 bits per heavy atom. The third-order valence-electron chi connectivity index (χ3n) is 3.19. The molecule has 0 N–H and O–H groups in total. The molecular weight excluding hydrogens is 304 g/mol. The summed E-state index contributed by atoms with van der Waals surface area (Å²) in [5.41, 5.74) is 0.868. The molecule has 0 aliphatic carbocycles. The smallest absolute Gasteiger partial charge is 0.277 e. The van der Waals surface area contributed by atoms with E-state index in [1.165, 1.54) is 11.8 Å². The van der Waals surface area contributed by atoms with E-state index in [4.69, 9.17) is 9.15 Å². The monoisotopic (exact) mass is 320 g/mol.